The fourth-order valence-corrected chi connectivity index (χ4v) is 2.64. The topological polar surface area (TPSA) is 63.8 Å². The van der Waals surface area contributed by atoms with Gasteiger partial charge >= 0.3 is 0 Å². The van der Waals surface area contributed by atoms with E-state index >= 15 is 0 Å². The van der Waals surface area contributed by atoms with Crippen molar-refractivity contribution in [1.82, 2.24) is 9.97 Å². The Bertz CT molecular complexity index is 583. The number of nitrogen functional groups attached to an aromatic ring is 1. The van der Waals surface area contributed by atoms with Crippen LogP contribution in [0.4, 0.5) is 11.8 Å². The summed E-state index contributed by atoms with van der Waals surface area (Å²) >= 11 is 1.65. The Labute approximate surface area is 118 Å². The van der Waals surface area contributed by atoms with Crippen molar-refractivity contribution in [3.8, 4) is 0 Å². The van der Waals surface area contributed by atoms with E-state index in [4.69, 9.17) is 5.73 Å². The second-order valence-corrected chi connectivity index (χ2v) is 7.39. The van der Waals surface area contributed by atoms with Gasteiger partial charge in [0.15, 0.2) is 0 Å². The molecule has 1 atom stereocenters. The van der Waals surface area contributed by atoms with Gasteiger partial charge in [-0.3, -0.25) is 0 Å². The Morgan fingerprint density at radius 3 is 2.68 bits per heavy atom. The van der Waals surface area contributed by atoms with Gasteiger partial charge in [-0.25, -0.2) is 4.98 Å². The van der Waals surface area contributed by atoms with E-state index in [0.29, 0.717) is 11.9 Å². The first-order chi connectivity index (χ1) is 8.77. The van der Waals surface area contributed by atoms with Gasteiger partial charge < -0.3 is 11.1 Å². The third-order valence-electron chi connectivity index (χ3n) is 3.59. The molecule has 0 radical (unpaired) electrons. The Hall–Kier alpha value is -1.36. The van der Waals surface area contributed by atoms with E-state index in [2.05, 4.69) is 56.0 Å². The number of nitrogens with zero attached hydrogens (tertiary/aromatic N) is 2. The molecular formula is C14H22N4S. The van der Waals surface area contributed by atoms with Gasteiger partial charge in [-0.05, 0) is 24.3 Å². The molecule has 2 heterocycles. The standard InChI is InChI=1S/C14H22N4S/c1-8(14(3,4)5)7-16-11-10-6-9(2)19-12(10)18-13(15)17-11/h6,8H,7H2,1-5H3,(H3,15,16,17,18). The van der Waals surface area contributed by atoms with Crippen LogP contribution in [0.1, 0.15) is 32.6 Å². The summed E-state index contributed by atoms with van der Waals surface area (Å²) in [5.74, 6) is 1.72. The summed E-state index contributed by atoms with van der Waals surface area (Å²) in [6, 6.07) is 2.11. The number of nitrogens with one attached hydrogen (secondary N) is 1. The number of thiophene rings is 1. The number of nitrogens with two attached hydrogens (primary N) is 1. The van der Waals surface area contributed by atoms with Gasteiger partial charge in [0.2, 0.25) is 5.95 Å². The molecule has 19 heavy (non-hydrogen) atoms. The first kappa shape index (κ1) is 14.1. The van der Waals surface area contributed by atoms with Crippen LogP contribution >= 0.6 is 11.3 Å². The summed E-state index contributed by atoms with van der Waals surface area (Å²) in [5, 5.41) is 4.49. The van der Waals surface area contributed by atoms with Crippen molar-refractivity contribution in [3.63, 3.8) is 0 Å². The highest BCUT2D eigenvalue weighted by atomic mass is 32.1. The van der Waals surface area contributed by atoms with Gasteiger partial charge in [0.1, 0.15) is 10.6 Å². The molecule has 104 valence electrons. The quantitative estimate of drug-likeness (QED) is 0.899. The van der Waals surface area contributed by atoms with Gasteiger partial charge in [-0.1, -0.05) is 27.7 Å². The molecule has 0 aromatic carbocycles. The third-order valence-corrected chi connectivity index (χ3v) is 4.53. The molecule has 0 aliphatic rings. The highest BCUT2D eigenvalue weighted by molar-refractivity contribution is 7.18. The van der Waals surface area contributed by atoms with Crippen molar-refractivity contribution in [1.29, 1.82) is 0 Å². The molecule has 0 spiro atoms. The number of hydrogen-bond acceptors (Lipinski definition) is 5. The third kappa shape index (κ3) is 3.15. The molecule has 2 rings (SSSR count). The minimum absolute atomic E-state index is 0.273. The van der Waals surface area contributed by atoms with Crippen molar-refractivity contribution >= 4 is 33.3 Å². The molecule has 0 aliphatic heterocycles. The molecular weight excluding hydrogens is 256 g/mol. The lowest BCUT2D eigenvalue weighted by molar-refractivity contribution is 0.274. The zero-order chi connectivity index (χ0) is 14.2. The van der Waals surface area contributed by atoms with E-state index in [9.17, 15) is 0 Å². The van der Waals surface area contributed by atoms with Crippen molar-refractivity contribution < 1.29 is 0 Å². The van der Waals surface area contributed by atoms with E-state index in [1.54, 1.807) is 11.3 Å². The minimum atomic E-state index is 0.273. The van der Waals surface area contributed by atoms with Crippen LogP contribution in [-0.2, 0) is 0 Å². The molecule has 4 nitrogen and oxygen atoms in total. The van der Waals surface area contributed by atoms with E-state index in [-0.39, 0.29) is 5.41 Å². The van der Waals surface area contributed by atoms with Crippen LogP contribution in [-0.4, -0.2) is 16.5 Å². The largest absolute Gasteiger partial charge is 0.369 e. The van der Waals surface area contributed by atoms with Gasteiger partial charge in [0.05, 0.1) is 5.39 Å². The molecule has 5 heteroatoms. The number of anilines is 2. The van der Waals surface area contributed by atoms with Crippen molar-refractivity contribution in [2.24, 2.45) is 11.3 Å². The van der Waals surface area contributed by atoms with Gasteiger partial charge in [-0.15, -0.1) is 11.3 Å². The van der Waals surface area contributed by atoms with E-state index < -0.39 is 0 Å². The normalized spacial score (nSPS) is 13.7. The van der Waals surface area contributed by atoms with Crippen LogP contribution < -0.4 is 11.1 Å². The second kappa shape index (κ2) is 4.96. The Morgan fingerprint density at radius 1 is 1.37 bits per heavy atom. The van der Waals surface area contributed by atoms with Gasteiger partial charge in [0, 0.05) is 11.4 Å². The van der Waals surface area contributed by atoms with Crippen LogP contribution in [0.15, 0.2) is 6.07 Å². The van der Waals surface area contributed by atoms with Crippen molar-refractivity contribution in [2.45, 2.75) is 34.6 Å². The number of hydrogen-bond donors (Lipinski definition) is 2. The van der Waals surface area contributed by atoms with Gasteiger partial charge in [0.25, 0.3) is 0 Å². The second-order valence-electron chi connectivity index (χ2n) is 6.15. The maximum Gasteiger partial charge on any atom is 0.223 e. The first-order valence-electron chi connectivity index (χ1n) is 6.55. The van der Waals surface area contributed by atoms with Crippen molar-refractivity contribution in [2.75, 3.05) is 17.6 Å². The van der Waals surface area contributed by atoms with Crippen LogP contribution in [0.5, 0.6) is 0 Å². The average Bonchev–Trinajstić information content (AvgIpc) is 2.64. The average molecular weight is 278 g/mol. The molecule has 3 N–H and O–H groups in total. The number of aromatic nitrogens is 2. The lowest BCUT2D eigenvalue weighted by Crippen LogP contribution is -2.25. The molecule has 0 amide bonds. The zero-order valence-corrected chi connectivity index (χ0v) is 13.1. The van der Waals surface area contributed by atoms with Crippen LogP contribution in [0, 0.1) is 18.3 Å². The SMILES string of the molecule is Cc1cc2c(NCC(C)C(C)(C)C)nc(N)nc2s1. The van der Waals surface area contributed by atoms with Crippen molar-refractivity contribution in [3.05, 3.63) is 10.9 Å². The molecule has 2 aromatic rings. The van der Waals surface area contributed by atoms with E-state index in [1.165, 1.54) is 4.88 Å². The monoisotopic (exact) mass is 278 g/mol. The predicted octanol–water partition coefficient (Wildman–Crippen LogP) is 3.68. The molecule has 0 saturated heterocycles. The lowest BCUT2D eigenvalue weighted by Gasteiger charge is -2.27. The number of fused-ring (bicyclic) bond motifs is 1. The van der Waals surface area contributed by atoms with Gasteiger partial charge in [-0.2, -0.15) is 4.98 Å². The maximum absolute atomic E-state index is 5.77. The highest BCUT2D eigenvalue weighted by Crippen LogP contribution is 2.30. The predicted molar refractivity (Wildman–Crippen MR) is 83.7 cm³/mol. The molecule has 1 unspecified atom stereocenters. The summed E-state index contributed by atoms with van der Waals surface area (Å²) in [4.78, 5) is 10.8. The first-order valence-corrected chi connectivity index (χ1v) is 7.36. The smallest absolute Gasteiger partial charge is 0.223 e. The molecule has 0 saturated carbocycles. The number of aryl methyl sites for hydroxylation is 1. The lowest BCUT2D eigenvalue weighted by atomic mass is 9.82. The molecule has 0 aliphatic carbocycles. The van der Waals surface area contributed by atoms with E-state index in [0.717, 1.165) is 22.6 Å². The summed E-state index contributed by atoms with van der Waals surface area (Å²) in [6.07, 6.45) is 0. The van der Waals surface area contributed by atoms with Crippen LogP contribution in [0.3, 0.4) is 0 Å². The van der Waals surface area contributed by atoms with E-state index in [1.807, 2.05) is 0 Å². The maximum atomic E-state index is 5.77. The minimum Gasteiger partial charge on any atom is -0.369 e. The van der Waals surface area contributed by atoms with Crippen LogP contribution in [0.25, 0.3) is 10.2 Å². The summed E-state index contributed by atoms with van der Waals surface area (Å²) in [7, 11) is 0. The number of rotatable bonds is 3. The fourth-order valence-electron chi connectivity index (χ4n) is 1.75. The fraction of sp³-hybridized carbons (Fsp3) is 0.571. The highest BCUT2D eigenvalue weighted by Gasteiger charge is 2.20. The Balaban J connectivity index is 2.25. The summed E-state index contributed by atoms with van der Waals surface area (Å²) in [6.45, 7) is 11.9. The van der Waals surface area contributed by atoms with Crippen LogP contribution in [0.2, 0.25) is 0 Å². The Morgan fingerprint density at radius 2 is 2.05 bits per heavy atom. The zero-order valence-electron chi connectivity index (χ0n) is 12.2. The molecule has 0 fully saturated rings. The molecule has 0 bridgehead atoms. The summed E-state index contributed by atoms with van der Waals surface area (Å²) in [5.41, 5.74) is 6.04. The molecule has 2 aromatic heterocycles. The Kier molecular flexibility index (Phi) is 3.67. The summed E-state index contributed by atoms with van der Waals surface area (Å²) < 4.78 is 0.